The molecule has 6 aromatic rings. The van der Waals surface area contributed by atoms with Gasteiger partial charge in [0.25, 0.3) is 0 Å². The lowest BCUT2D eigenvalue weighted by Crippen LogP contribution is -2.35. The Morgan fingerprint density at radius 2 is 0.717 bits per heavy atom. The van der Waals surface area contributed by atoms with E-state index in [0.717, 1.165) is 0 Å². The Hall–Kier alpha value is -3.64. The van der Waals surface area contributed by atoms with E-state index < -0.39 is 0 Å². The predicted molar refractivity (Wildman–Crippen MR) is 200 cm³/mol. The molecular formula is C46H50. The van der Waals surface area contributed by atoms with E-state index in [1.807, 2.05) is 0 Å². The van der Waals surface area contributed by atoms with Gasteiger partial charge in [-0.05, 0) is 138 Å². The van der Waals surface area contributed by atoms with Gasteiger partial charge in [-0.15, -0.1) is 0 Å². The first-order chi connectivity index (χ1) is 22.1. The van der Waals surface area contributed by atoms with Gasteiger partial charge < -0.3 is 0 Å². The van der Waals surface area contributed by atoms with Crippen LogP contribution in [0.4, 0.5) is 0 Å². The van der Waals surface area contributed by atoms with E-state index in [2.05, 4.69) is 140 Å². The molecule has 2 aliphatic rings. The number of rotatable bonds is 8. The fourth-order valence-corrected chi connectivity index (χ4v) is 10.6. The second-order valence-electron chi connectivity index (χ2n) is 16.7. The van der Waals surface area contributed by atoms with Gasteiger partial charge in [0.05, 0.1) is 0 Å². The SMILES string of the molecule is CC(C)CC1(CC(C)C)c2ccccc2-c2cc3ccc4c5c(cc6ccc1c2c6c35)-c1ccccc1C4(CC(C)C)CC(C)C. The molecule has 0 radical (unpaired) electrons. The van der Waals surface area contributed by atoms with Crippen molar-refractivity contribution in [1.82, 2.24) is 0 Å². The average Bonchev–Trinajstić information content (AvgIpc) is 3.00. The molecule has 0 N–H and O–H groups in total. The Labute approximate surface area is 276 Å². The third kappa shape index (κ3) is 4.04. The van der Waals surface area contributed by atoms with Crippen LogP contribution < -0.4 is 0 Å². The molecule has 2 aliphatic carbocycles. The summed E-state index contributed by atoms with van der Waals surface area (Å²) in [7, 11) is 0. The van der Waals surface area contributed by atoms with Crippen LogP contribution in [0, 0.1) is 23.7 Å². The molecule has 0 fully saturated rings. The van der Waals surface area contributed by atoms with Crippen LogP contribution in [-0.4, -0.2) is 0 Å². The minimum atomic E-state index is 0.00259. The fraction of sp³-hybridized carbons (Fsp3) is 0.391. The standard InChI is InChI=1S/C46H50/c1-27(2)23-45(24-28(3)4)37-15-11-9-13-33(37)35-21-32-18-20-40-44-36(22-31-17-19-39(45)43(35)41(31)42(32)44)34-14-10-12-16-38(34)46(40,25-29(5)6)26-30(7)8/h9-22,27-30H,23-26H2,1-8H3. The van der Waals surface area contributed by atoms with Crippen molar-refractivity contribution in [3.05, 3.63) is 107 Å². The Kier molecular flexibility index (Phi) is 6.75. The third-order valence-electron chi connectivity index (χ3n) is 11.4. The fourth-order valence-electron chi connectivity index (χ4n) is 10.6. The van der Waals surface area contributed by atoms with Gasteiger partial charge in [-0.25, -0.2) is 0 Å². The molecule has 0 aliphatic heterocycles. The molecule has 0 unspecified atom stereocenters. The zero-order valence-electron chi connectivity index (χ0n) is 29.2. The van der Waals surface area contributed by atoms with E-state index in [0.29, 0.717) is 23.7 Å². The summed E-state index contributed by atoms with van der Waals surface area (Å²) >= 11 is 0. The van der Waals surface area contributed by atoms with Crippen LogP contribution in [0.25, 0.3) is 54.6 Å². The normalized spacial score (nSPS) is 16.0. The highest BCUT2D eigenvalue weighted by molar-refractivity contribution is 6.31. The van der Waals surface area contributed by atoms with Gasteiger partial charge in [0.1, 0.15) is 0 Å². The zero-order valence-corrected chi connectivity index (χ0v) is 29.2. The highest BCUT2D eigenvalue weighted by Gasteiger charge is 2.45. The number of benzene rings is 6. The summed E-state index contributed by atoms with van der Waals surface area (Å²) in [6.45, 7) is 19.3. The molecule has 6 aromatic carbocycles. The van der Waals surface area contributed by atoms with Crippen molar-refractivity contribution in [3.8, 4) is 22.3 Å². The summed E-state index contributed by atoms with van der Waals surface area (Å²) in [6.07, 6.45) is 4.67. The molecule has 46 heavy (non-hydrogen) atoms. The molecule has 8 rings (SSSR count). The first kappa shape index (κ1) is 29.7. The Morgan fingerprint density at radius 1 is 0.370 bits per heavy atom. The van der Waals surface area contributed by atoms with Crippen molar-refractivity contribution in [2.45, 2.75) is 91.9 Å². The second kappa shape index (κ2) is 10.4. The van der Waals surface area contributed by atoms with E-state index in [9.17, 15) is 0 Å². The molecule has 0 saturated heterocycles. The quantitative estimate of drug-likeness (QED) is 0.152. The molecule has 0 bridgehead atoms. The maximum Gasteiger partial charge on any atom is 0.0220 e. The average molecular weight is 603 g/mol. The van der Waals surface area contributed by atoms with Gasteiger partial charge in [0, 0.05) is 10.8 Å². The number of fused-ring (bicyclic) bond motifs is 4. The summed E-state index contributed by atoms with van der Waals surface area (Å²) < 4.78 is 0. The van der Waals surface area contributed by atoms with Crippen LogP contribution in [0.3, 0.4) is 0 Å². The maximum absolute atomic E-state index is 2.56. The van der Waals surface area contributed by atoms with Crippen molar-refractivity contribution in [1.29, 1.82) is 0 Å². The minimum absolute atomic E-state index is 0.00259. The molecule has 0 nitrogen and oxygen atoms in total. The summed E-state index contributed by atoms with van der Waals surface area (Å²) in [6, 6.07) is 34.0. The molecule has 0 spiro atoms. The minimum Gasteiger partial charge on any atom is -0.0627 e. The van der Waals surface area contributed by atoms with E-state index in [1.54, 1.807) is 11.1 Å². The Balaban J connectivity index is 1.57. The zero-order chi connectivity index (χ0) is 32.1. The van der Waals surface area contributed by atoms with Crippen molar-refractivity contribution in [2.24, 2.45) is 23.7 Å². The summed E-state index contributed by atoms with van der Waals surface area (Å²) in [5.41, 5.74) is 12.0. The van der Waals surface area contributed by atoms with Crippen molar-refractivity contribution in [2.75, 3.05) is 0 Å². The Bertz CT molecular complexity index is 1940. The highest BCUT2D eigenvalue weighted by atomic mass is 14.5. The smallest absolute Gasteiger partial charge is 0.0220 e. The molecule has 0 heterocycles. The Morgan fingerprint density at radius 3 is 1.07 bits per heavy atom. The van der Waals surface area contributed by atoms with Gasteiger partial charge in [0.15, 0.2) is 0 Å². The van der Waals surface area contributed by atoms with E-state index >= 15 is 0 Å². The highest BCUT2D eigenvalue weighted by Crippen LogP contribution is 2.60. The van der Waals surface area contributed by atoms with Crippen LogP contribution in [0.15, 0.2) is 84.9 Å². The van der Waals surface area contributed by atoms with Crippen LogP contribution >= 0.6 is 0 Å². The molecule has 0 saturated carbocycles. The van der Waals surface area contributed by atoms with Crippen LogP contribution in [0.2, 0.25) is 0 Å². The predicted octanol–water partition coefficient (Wildman–Crippen LogP) is 13.3. The first-order valence-electron chi connectivity index (χ1n) is 18.0. The largest absolute Gasteiger partial charge is 0.0627 e. The van der Waals surface area contributed by atoms with Gasteiger partial charge in [0.2, 0.25) is 0 Å². The van der Waals surface area contributed by atoms with Gasteiger partial charge in [-0.2, -0.15) is 0 Å². The van der Waals surface area contributed by atoms with Gasteiger partial charge >= 0.3 is 0 Å². The number of hydrogen-bond donors (Lipinski definition) is 0. The molecule has 0 atom stereocenters. The van der Waals surface area contributed by atoms with Crippen molar-refractivity contribution < 1.29 is 0 Å². The van der Waals surface area contributed by atoms with Crippen molar-refractivity contribution >= 4 is 32.3 Å². The first-order valence-corrected chi connectivity index (χ1v) is 18.0. The number of hydrogen-bond acceptors (Lipinski definition) is 0. The maximum atomic E-state index is 2.56. The van der Waals surface area contributed by atoms with Gasteiger partial charge in [-0.3, -0.25) is 0 Å². The second-order valence-corrected chi connectivity index (χ2v) is 16.7. The lowest BCUT2D eigenvalue weighted by molar-refractivity contribution is 0.332. The summed E-state index contributed by atoms with van der Waals surface area (Å²) in [4.78, 5) is 0. The van der Waals surface area contributed by atoms with E-state index in [1.165, 1.54) is 91.4 Å². The molecule has 234 valence electrons. The molecule has 0 heteroatoms. The lowest BCUT2D eigenvalue weighted by Gasteiger charge is -2.45. The molecular weight excluding hydrogens is 553 g/mol. The van der Waals surface area contributed by atoms with Crippen LogP contribution in [-0.2, 0) is 10.8 Å². The summed E-state index contributed by atoms with van der Waals surface area (Å²) in [5.74, 6) is 2.39. The molecule has 0 amide bonds. The van der Waals surface area contributed by atoms with Gasteiger partial charge in [-0.1, -0.05) is 128 Å². The molecule has 0 aromatic heterocycles. The topological polar surface area (TPSA) is 0 Å². The van der Waals surface area contributed by atoms with Crippen molar-refractivity contribution in [3.63, 3.8) is 0 Å². The monoisotopic (exact) mass is 602 g/mol. The summed E-state index contributed by atoms with van der Waals surface area (Å²) in [5, 5.41) is 8.82. The van der Waals surface area contributed by atoms with Crippen LogP contribution in [0.5, 0.6) is 0 Å². The third-order valence-corrected chi connectivity index (χ3v) is 11.4. The van der Waals surface area contributed by atoms with E-state index in [4.69, 9.17) is 0 Å². The van der Waals surface area contributed by atoms with E-state index in [-0.39, 0.29) is 10.8 Å². The lowest BCUT2D eigenvalue weighted by atomic mass is 9.58. The van der Waals surface area contributed by atoms with Crippen LogP contribution in [0.1, 0.15) is 103 Å².